The molecule has 0 amide bonds. The Hall–Kier alpha value is -0.960. The molecule has 0 spiro atoms. The minimum atomic E-state index is -3.55. The SMILES string of the molecule is CCN1CCN(S(=O)(=O)c2csc(C(=O)O)c2)CC1. The van der Waals surface area contributed by atoms with Crippen molar-refractivity contribution in [2.75, 3.05) is 32.7 Å². The molecular formula is C11H16N2O4S2. The summed E-state index contributed by atoms with van der Waals surface area (Å²) >= 11 is 0.938. The van der Waals surface area contributed by atoms with Crippen LogP contribution in [0.3, 0.4) is 0 Å². The molecule has 2 rings (SSSR count). The smallest absolute Gasteiger partial charge is 0.345 e. The van der Waals surface area contributed by atoms with Crippen LogP contribution in [0.1, 0.15) is 16.6 Å². The number of rotatable bonds is 4. The van der Waals surface area contributed by atoms with Crippen LogP contribution in [0.15, 0.2) is 16.3 Å². The van der Waals surface area contributed by atoms with Crippen LogP contribution in [0.2, 0.25) is 0 Å². The van der Waals surface area contributed by atoms with Gasteiger partial charge in [0.05, 0.1) is 4.90 Å². The van der Waals surface area contributed by atoms with Gasteiger partial charge in [0, 0.05) is 31.6 Å². The van der Waals surface area contributed by atoms with E-state index in [-0.39, 0.29) is 9.77 Å². The molecule has 6 nitrogen and oxygen atoms in total. The van der Waals surface area contributed by atoms with E-state index < -0.39 is 16.0 Å². The fourth-order valence-electron chi connectivity index (χ4n) is 2.00. The molecule has 1 aliphatic heterocycles. The average molecular weight is 304 g/mol. The number of aromatic carboxylic acids is 1. The van der Waals surface area contributed by atoms with E-state index in [1.165, 1.54) is 15.8 Å². The number of likely N-dealkylation sites (N-methyl/N-ethyl adjacent to an activating group) is 1. The maximum Gasteiger partial charge on any atom is 0.345 e. The quantitative estimate of drug-likeness (QED) is 0.889. The van der Waals surface area contributed by atoms with Crippen molar-refractivity contribution in [2.45, 2.75) is 11.8 Å². The number of piperazine rings is 1. The van der Waals surface area contributed by atoms with E-state index in [4.69, 9.17) is 5.11 Å². The van der Waals surface area contributed by atoms with Gasteiger partial charge in [0.25, 0.3) is 0 Å². The summed E-state index contributed by atoms with van der Waals surface area (Å²) in [4.78, 5) is 13.1. The van der Waals surface area contributed by atoms with Crippen LogP contribution in [-0.4, -0.2) is 61.4 Å². The second-order valence-electron chi connectivity index (χ2n) is 4.29. The molecule has 0 atom stereocenters. The molecule has 2 heterocycles. The summed E-state index contributed by atoms with van der Waals surface area (Å²) < 4.78 is 26.1. The van der Waals surface area contributed by atoms with E-state index >= 15 is 0 Å². The minimum Gasteiger partial charge on any atom is -0.477 e. The molecule has 1 aromatic rings. The maximum absolute atomic E-state index is 12.3. The molecule has 0 aliphatic carbocycles. The highest BCUT2D eigenvalue weighted by atomic mass is 32.2. The van der Waals surface area contributed by atoms with Crippen molar-refractivity contribution in [2.24, 2.45) is 0 Å². The largest absolute Gasteiger partial charge is 0.477 e. The van der Waals surface area contributed by atoms with E-state index in [0.29, 0.717) is 26.2 Å². The number of sulfonamides is 1. The van der Waals surface area contributed by atoms with Crippen molar-refractivity contribution in [1.82, 2.24) is 9.21 Å². The third-order valence-corrected chi connectivity index (χ3v) is 6.15. The molecule has 0 unspecified atom stereocenters. The van der Waals surface area contributed by atoms with Gasteiger partial charge in [-0.25, -0.2) is 13.2 Å². The minimum absolute atomic E-state index is 0.0470. The first-order valence-corrected chi connectivity index (χ1v) is 8.31. The molecule has 8 heteroatoms. The van der Waals surface area contributed by atoms with Gasteiger partial charge < -0.3 is 10.0 Å². The van der Waals surface area contributed by atoms with Crippen LogP contribution < -0.4 is 0 Å². The van der Waals surface area contributed by atoms with Crippen molar-refractivity contribution in [1.29, 1.82) is 0 Å². The second-order valence-corrected chi connectivity index (χ2v) is 7.14. The summed E-state index contributed by atoms with van der Waals surface area (Å²) in [5.74, 6) is -1.10. The van der Waals surface area contributed by atoms with Gasteiger partial charge in [-0.2, -0.15) is 4.31 Å². The van der Waals surface area contributed by atoms with Crippen LogP contribution in [0.5, 0.6) is 0 Å². The molecule has 0 radical (unpaired) electrons. The topological polar surface area (TPSA) is 77.9 Å². The number of carboxylic acids is 1. The molecule has 1 N–H and O–H groups in total. The van der Waals surface area contributed by atoms with Crippen molar-refractivity contribution < 1.29 is 18.3 Å². The van der Waals surface area contributed by atoms with Crippen molar-refractivity contribution in [3.63, 3.8) is 0 Å². The highest BCUT2D eigenvalue weighted by Crippen LogP contribution is 2.23. The lowest BCUT2D eigenvalue weighted by atomic mass is 10.4. The van der Waals surface area contributed by atoms with Gasteiger partial charge in [-0.3, -0.25) is 0 Å². The van der Waals surface area contributed by atoms with Crippen molar-refractivity contribution in [3.8, 4) is 0 Å². The molecule has 0 bridgehead atoms. The van der Waals surface area contributed by atoms with Crippen LogP contribution >= 0.6 is 11.3 Å². The zero-order valence-electron chi connectivity index (χ0n) is 10.6. The number of carboxylic acid groups (broad SMARTS) is 1. The summed E-state index contributed by atoms with van der Waals surface area (Å²) in [6, 6.07) is 1.23. The lowest BCUT2D eigenvalue weighted by Gasteiger charge is -2.32. The molecule has 1 fully saturated rings. The third kappa shape index (κ3) is 2.97. The first-order chi connectivity index (χ1) is 8.95. The van der Waals surface area contributed by atoms with Crippen LogP contribution in [0.4, 0.5) is 0 Å². The number of thiophene rings is 1. The molecule has 1 aromatic heterocycles. The highest BCUT2D eigenvalue weighted by molar-refractivity contribution is 7.89. The predicted octanol–water partition coefficient (Wildman–Crippen LogP) is 0.773. The monoisotopic (exact) mass is 304 g/mol. The fraction of sp³-hybridized carbons (Fsp3) is 0.545. The standard InChI is InChI=1S/C11H16N2O4S2/c1-2-12-3-5-13(6-4-12)19(16,17)9-7-10(11(14)15)18-8-9/h7-8H,2-6H2,1H3,(H,14,15). The predicted molar refractivity (Wildman–Crippen MR) is 72.2 cm³/mol. The van der Waals surface area contributed by atoms with Gasteiger partial charge in [0.2, 0.25) is 10.0 Å². The lowest BCUT2D eigenvalue weighted by molar-refractivity contribution is 0.0702. The van der Waals surface area contributed by atoms with E-state index in [0.717, 1.165) is 17.9 Å². The summed E-state index contributed by atoms with van der Waals surface area (Å²) in [5.41, 5.74) is 0. The van der Waals surface area contributed by atoms with Gasteiger partial charge in [-0.15, -0.1) is 11.3 Å². The van der Waals surface area contributed by atoms with Gasteiger partial charge in [0.1, 0.15) is 4.88 Å². The summed E-state index contributed by atoms with van der Waals surface area (Å²) in [7, 11) is -3.55. The normalized spacial score (nSPS) is 18.6. The molecule has 106 valence electrons. The Labute approximate surface area is 116 Å². The van der Waals surface area contributed by atoms with Crippen LogP contribution in [-0.2, 0) is 10.0 Å². The molecule has 19 heavy (non-hydrogen) atoms. The van der Waals surface area contributed by atoms with Crippen molar-refractivity contribution in [3.05, 3.63) is 16.3 Å². The Morgan fingerprint density at radius 2 is 2.00 bits per heavy atom. The van der Waals surface area contributed by atoms with E-state index in [1.807, 2.05) is 6.92 Å². The molecule has 0 aromatic carbocycles. The molecule has 0 saturated carbocycles. The second kappa shape index (κ2) is 5.58. The lowest BCUT2D eigenvalue weighted by Crippen LogP contribution is -2.48. The first-order valence-electron chi connectivity index (χ1n) is 5.99. The third-order valence-electron chi connectivity index (χ3n) is 3.20. The number of nitrogens with zero attached hydrogens (tertiary/aromatic N) is 2. The Bertz CT molecular complexity index is 559. The first kappa shape index (κ1) is 14.4. The Kier molecular flexibility index (Phi) is 4.24. The highest BCUT2D eigenvalue weighted by Gasteiger charge is 2.29. The maximum atomic E-state index is 12.3. The van der Waals surface area contributed by atoms with Crippen LogP contribution in [0.25, 0.3) is 0 Å². The number of carbonyl (C=O) groups is 1. The summed E-state index contributed by atoms with van der Waals surface area (Å²) in [5, 5.41) is 10.2. The molecule has 1 saturated heterocycles. The van der Waals surface area contributed by atoms with E-state index in [1.54, 1.807) is 0 Å². The Morgan fingerprint density at radius 3 is 2.47 bits per heavy atom. The number of hydrogen-bond acceptors (Lipinski definition) is 5. The van der Waals surface area contributed by atoms with E-state index in [2.05, 4.69) is 4.90 Å². The van der Waals surface area contributed by atoms with Crippen molar-refractivity contribution >= 4 is 27.3 Å². The fourth-order valence-corrected chi connectivity index (χ4v) is 4.52. The Morgan fingerprint density at radius 1 is 1.37 bits per heavy atom. The zero-order valence-corrected chi connectivity index (χ0v) is 12.2. The van der Waals surface area contributed by atoms with Gasteiger partial charge in [0.15, 0.2) is 0 Å². The van der Waals surface area contributed by atoms with Crippen LogP contribution in [0, 0.1) is 0 Å². The molecular weight excluding hydrogens is 288 g/mol. The Balaban J connectivity index is 2.16. The molecule has 1 aliphatic rings. The van der Waals surface area contributed by atoms with Gasteiger partial charge in [-0.1, -0.05) is 6.92 Å². The summed E-state index contributed by atoms with van der Waals surface area (Å²) in [6.07, 6.45) is 0. The summed E-state index contributed by atoms with van der Waals surface area (Å²) in [6.45, 7) is 5.29. The number of hydrogen-bond donors (Lipinski definition) is 1. The van der Waals surface area contributed by atoms with Gasteiger partial charge >= 0.3 is 5.97 Å². The zero-order chi connectivity index (χ0) is 14.0. The van der Waals surface area contributed by atoms with E-state index in [9.17, 15) is 13.2 Å². The average Bonchev–Trinajstić information content (AvgIpc) is 2.89. The van der Waals surface area contributed by atoms with Gasteiger partial charge in [-0.05, 0) is 12.6 Å².